The number of carbonyl (C=O) groups is 1. The van der Waals surface area contributed by atoms with Gasteiger partial charge in [0.1, 0.15) is 6.54 Å². The number of quaternary nitrogens is 2. The molecule has 0 aliphatic carbocycles. The van der Waals surface area contributed by atoms with Crippen molar-refractivity contribution in [2.45, 2.75) is 187 Å². The average molecular weight is 928 g/mol. The molecule has 1 rings (SSSR count). The first kappa shape index (κ1) is 54.4. The zero-order valence-electron chi connectivity index (χ0n) is 34.7. The van der Waals surface area contributed by atoms with Crippen LogP contribution in [0.5, 0.6) is 0 Å². The Bertz CT molecular complexity index is 813. The van der Waals surface area contributed by atoms with Gasteiger partial charge in [0.05, 0.1) is 48.3 Å². The van der Waals surface area contributed by atoms with Crippen LogP contribution in [0.4, 0.5) is 0 Å². The van der Waals surface area contributed by atoms with Gasteiger partial charge in [0.25, 0.3) is 0 Å². The lowest BCUT2D eigenvalue weighted by Gasteiger charge is -2.30. The topological polar surface area (TPSA) is 29.1 Å². The highest BCUT2D eigenvalue weighted by Crippen LogP contribution is 2.15. The maximum Gasteiger partial charge on any atom is 0.219 e. The van der Waals surface area contributed by atoms with E-state index in [2.05, 4.69) is 84.7 Å². The van der Waals surface area contributed by atoms with Crippen LogP contribution in [0.2, 0.25) is 0 Å². The fourth-order valence-electron chi connectivity index (χ4n) is 6.53. The summed E-state index contributed by atoms with van der Waals surface area (Å²) in [6.45, 7) is 8.93. The lowest BCUT2D eigenvalue weighted by atomic mass is 10.0. The first-order chi connectivity index (χ1) is 23.1. The minimum atomic E-state index is 0. The van der Waals surface area contributed by atoms with E-state index in [0.29, 0.717) is 6.42 Å². The summed E-state index contributed by atoms with van der Waals surface area (Å²) in [5.74, 6) is 0.234. The van der Waals surface area contributed by atoms with Crippen molar-refractivity contribution in [3.63, 3.8) is 0 Å². The van der Waals surface area contributed by atoms with Gasteiger partial charge in [-0.05, 0) is 19.3 Å². The van der Waals surface area contributed by atoms with E-state index in [1.165, 1.54) is 160 Å². The van der Waals surface area contributed by atoms with Gasteiger partial charge in [-0.25, -0.2) is 0 Å². The van der Waals surface area contributed by atoms with Gasteiger partial charge in [0, 0.05) is 24.9 Å². The Morgan fingerprint density at radius 3 is 1.28 bits per heavy atom. The lowest BCUT2D eigenvalue weighted by molar-refractivity contribution is -0.903. The van der Waals surface area contributed by atoms with Crippen LogP contribution in [0, 0.1) is 0 Å². The molecule has 0 aromatic heterocycles. The largest absolute Gasteiger partial charge is 1.00 e. The third-order valence-corrected chi connectivity index (χ3v) is 9.66. The Kier molecular flexibility index (Phi) is 42.2. The zero-order chi connectivity index (χ0) is 35.6. The van der Waals surface area contributed by atoms with Crippen molar-refractivity contribution in [1.82, 2.24) is 5.32 Å². The number of hydrogen-bond donors (Lipinski definition) is 1. The number of halogens is 2. The Balaban J connectivity index is -0.000000896. The normalized spacial score (nSPS) is 11.3. The molecular weight excluding hydrogens is 840 g/mol. The molecule has 1 aromatic carbocycles. The molecule has 4 nitrogen and oxygen atoms in total. The van der Waals surface area contributed by atoms with Crippen LogP contribution in [0.1, 0.15) is 186 Å². The van der Waals surface area contributed by atoms with Gasteiger partial charge in [0.15, 0.2) is 0 Å². The first-order valence-electron chi connectivity index (χ1n) is 21.0. The molecule has 0 radical (unpaired) electrons. The van der Waals surface area contributed by atoms with E-state index in [4.69, 9.17) is 0 Å². The number of nitrogens with zero attached hydrogens (tertiary/aromatic N) is 2. The standard InChI is InChI=1S/C27H50N.C17H36N2O.2HI/c1-4-5-6-7-8-9-10-11-12-13-14-15-16-17-18-22-25-28(2,3)26-27-23-20-19-21-24-27;1-5-6-7-8-9-10-11-12-14-17(20)18-15-13-16-19(2,3)4;;/h19-21,23-24H,4-18,22,25-26H2,1-3H3;5-16H2,1-4H3;2*1H/q+1;;;/p-1. The van der Waals surface area contributed by atoms with Crippen LogP contribution in [0.15, 0.2) is 30.3 Å². The second-order valence-electron chi connectivity index (χ2n) is 16.5. The molecule has 6 heteroatoms. The fraction of sp³-hybridized carbons (Fsp3) is 0.841. The molecule has 0 atom stereocenters. The predicted octanol–water partition coefficient (Wildman–Crippen LogP) is 6.26. The number of nitrogens with one attached hydrogen (secondary N) is 1. The van der Waals surface area contributed by atoms with E-state index < -0.39 is 0 Å². The van der Waals surface area contributed by atoms with Crippen molar-refractivity contribution in [2.24, 2.45) is 0 Å². The minimum absolute atomic E-state index is 0. The number of amides is 1. The number of rotatable bonds is 32. The van der Waals surface area contributed by atoms with Gasteiger partial charge < -0.3 is 62.2 Å². The SMILES string of the molecule is CCCCCCCCCCC(=O)NCCC[N+](C)(C)C.CCCCCCCCCCCCCCCCCC[N+](C)(C)Cc1ccccc1.[I-].[I-]. The molecule has 0 spiro atoms. The summed E-state index contributed by atoms with van der Waals surface area (Å²) in [5.41, 5.74) is 1.46. The smallest absolute Gasteiger partial charge is 0.219 e. The highest BCUT2D eigenvalue weighted by Gasteiger charge is 2.15. The van der Waals surface area contributed by atoms with E-state index in [-0.39, 0.29) is 53.9 Å². The monoisotopic (exact) mass is 927 g/mol. The van der Waals surface area contributed by atoms with Crippen LogP contribution in [-0.4, -0.2) is 69.7 Å². The van der Waals surface area contributed by atoms with Gasteiger partial charge in [-0.3, -0.25) is 4.79 Å². The number of benzene rings is 1. The molecule has 1 amide bonds. The van der Waals surface area contributed by atoms with Crippen molar-refractivity contribution in [2.75, 3.05) is 54.9 Å². The third kappa shape index (κ3) is 42.5. The summed E-state index contributed by atoms with van der Waals surface area (Å²) in [5, 5.41) is 3.03. The quantitative estimate of drug-likeness (QED) is 0.0517. The maximum absolute atomic E-state index is 11.6. The molecule has 1 aromatic rings. The Morgan fingerprint density at radius 2 is 0.880 bits per heavy atom. The molecule has 298 valence electrons. The van der Waals surface area contributed by atoms with Gasteiger partial charge in [-0.1, -0.05) is 179 Å². The highest BCUT2D eigenvalue weighted by molar-refractivity contribution is 5.75. The second kappa shape index (κ2) is 38.8. The Labute approximate surface area is 348 Å². The maximum atomic E-state index is 11.6. The van der Waals surface area contributed by atoms with Crippen molar-refractivity contribution < 1.29 is 61.7 Å². The Morgan fingerprint density at radius 1 is 0.500 bits per heavy atom. The first-order valence-corrected chi connectivity index (χ1v) is 21.0. The van der Waals surface area contributed by atoms with Gasteiger partial charge in [0.2, 0.25) is 5.91 Å². The molecule has 0 fully saturated rings. The average Bonchev–Trinajstić information content (AvgIpc) is 3.04. The van der Waals surface area contributed by atoms with Crippen molar-refractivity contribution in [1.29, 1.82) is 0 Å². The summed E-state index contributed by atoms with van der Waals surface area (Å²) in [7, 11) is 11.3. The number of hydrogen-bond acceptors (Lipinski definition) is 1. The summed E-state index contributed by atoms with van der Waals surface area (Å²) in [6, 6.07) is 10.9. The molecule has 0 bridgehead atoms. The van der Waals surface area contributed by atoms with E-state index in [9.17, 15) is 4.79 Å². The van der Waals surface area contributed by atoms with E-state index >= 15 is 0 Å². The molecule has 1 N–H and O–H groups in total. The number of unbranched alkanes of at least 4 members (excludes halogenated alkanes) is 22. The molecular formula is C44H87I2N3O. The third-order valence-electron chi connectivity index (χ3n) is 9.66. The summed E-state index contributed by atoms with van der Waals surface area (Å²) in [6.07, 6.45) is 35.2. The van der Waals surface area contributed by atoms with E-state index in [1.54, 1.807) is 0 Å². The molecule has 0 saturated heterocycles. The van der Waals surface area contributed by atoms with Gasteiger partial charge in [-0.15, -0.1) is 0 Å². The minimum Gasteiger partial charge on any atom is -1.00 e. The Hall–Kier alpha value is 0.0700. The van der Waals surface area contributed by atoms with E-state index in [0.717, 1.165) is 41.4 Å². The summed E-state index contributed by atoms with van der Waals surface area (Å²) >= 11 is 0. The fourth-order valence-corrected chi connectivity index (χ4v) is 6.53. The highest BCUT2D eigenvalue weighted by atomic mass is 127. The molecule has 0 unspecified atom stereocenters. The molecule has 0 heterocycles. The zero-order valence-corrected chi connectivity index (χ0v) is 39.0. The van der Waals surface area contributed by atoms with Crippen molar-refractivity contribution >= 4 is 5.91 Å². The van der Waals surface area contributed by atoms with Crippen LogP contribution < -0.4 is 53.3 Å². The second-order valence-corrected chi connectivity index (χ2v) is 16.5. The molecule has 0 aliphatic heterocycles. The predicted molar refractivity (Wildman–Crippen MR) is 214 cm³/mol. The molecule has 50 heavy (non-hydrogen) atoms. The van der Waals surface area contributed by atoms with Crippen LogP contribution in [-0.2, 0) is 11.3 Å². The summed E-state index contributed by atoms with van der Waals surface area (Å²) in [4.78, 5) is 11.6. The lowest BCUT2D eigenvalue weighted by Crippen LogP contribution is -3.00. The van der Waals surface area contributed by atoms with Crippen LogP contribution in [0.3, 0.4) is 0 Å². The van der Waals surface area contributed by atoms with Gasteiger partial charge in [-0.2, -0.15) is 0 Å². The van der Waals surface area contributed by atoms with Crippen LogP contribution >= 0.6 is 0 Å². The molecule has 0 saturated carbocycles. The van der Waals surface area contributed by atoms with Gasteiger partial charge >= 0.3 is 0 Å². The van der Waals surface area contributed by atoms with Crippen LogP contribution in [0.25, 0.3) is 0 Å². The van der Waals surface area contributed by atoms with Crippen molar-refractivity contribution in [3.05, 3.63) is 35.9 Å². The molecule has 0 aliphatic rings. The number of carbonyl (C=O) groups excluding carboxylic acids is 1. The summed E-state index contributed by atoms with van der Waals surface area (Å²) < 4.78 is 2.08. The van der Waals surface area contributed by atoms with Crippen molar-refractivity contribution in [3.8, 4) is 0 Å². The van der Waals surface area contributed by atoms with E-state index in [1.807, 2.05) is 0 Å².